The van der Waals surface area contributed by atoms with Gasteiger partial charge in [0, 0.05) is 0 Å². The zero-order chi connectivity index (χ0) is 23.1. The van der Waals surface area contributed by atoms with E-state index in [1.807, 2.05) is 0 Å². The molecule has 166 valence electrons. The minimum absolute atomic E-state index is 0.215. The minimum Gasteiger partial charge on any atom is -0.493 e. The maximum absolute atomic E-state index is 12.6. The van der Waals surface area contributed by atoms with Gasteiger partial charge in [-0.25, -0.2) is 9.59 Å². The Balaban J connectivity index is 1.73. The van der Waals surface area contributed by atoms with Crippen molar-refractivity contribution in [2.24, 2.45) is 0 Å². The van der Waals surface area contributed by atoms with E-state index in [0.29, 0.717) is 11.5 Å². The van der Waals surface area contributed by atoms with Crippen molar-refractivity contribution < 1.29 is 38.0 Å². The maximum Gasteiger partial charge on any atom is 0.347 e. The van der Waals surface area contributed by atoms with Crippen molar-refractivity contribution in [2.45, 2.75) is 0 Å². The number of hydrogen-bond donors (Lipinski definition) is 0. The van der Waals surface area contributed by atoms with Gasteiger partial charge in [0.2, 0.25) is 0 Å². The summed E-state index contributed by atoms with van der Waals surface area (Å²) in [6.07, 6.45) is 0. The van der Waals surface area contributed by atoms with E-state index < -0.39 is 11.9 Å². The van der Waals surface area contributed by atoms with Crippen LogP contribution in [0.5, 0.6) is 34.5 Å². The van der Waals surface area contributed by atoms with Gasteiger partial charge in [-0.2, -0.15) is 0 Å². The van der Waals surface area contributed by atoms with Crippen molar-refractivity contribution in [1.82, 2.24) is 0 Å². The highest BCUT2D eigenvalue weighted by molar-refractivity contribution is 5.96. The van der Waals surface area contributed by atoms with Gasteiger partial charge in [0.25, 0.3) is 0 Å². The number of methoxy groups -OCH3 is 4. The van der Waals surface area contributed by atoms with Gasteiger partial charge in [-0.05, 0) is 48.5 Å². The fourth-order valence-electron chi connectivity index (χ4n) is 3.00. The lowest BCUT2D eigenvalue weighted by molar-refractivity contribution is 0.0715. The SMILES string of the molecule is COc1cccc(C(=O)Oc2ccc(OC(=O)c3cccc(OC)c3OC)cc2)c1OC. The molecule has 0 heterocycles. The molecule has 8 nitrogen and oxygen atoms in total. The van der Waals surface area contributed by atoms with Crippen LogP contribution in [-0.2, 0) is 0 Å². The molecule has 0 aromatic heterocycles. The zero-order valence-electron chi connectivity index (χ0n) is 18.0. The third kappa shape index (κ3) is 4.75. The lowest BCUT2D eigenvalue weighted by Crippen LogP contribution is -2.12. The predicted octanol–water partition coefficient (Wildman–Crippen LogP) is 4.16. The molecule has 0 aliphatic rings. The number of benzene rings is 3. The Morgan fingerprint density at radius 2 is 0.906 bits per heavy atom. The van der Waals surface area contributed by atoms with E-state index in [1.54, 1.807) is 36.4 Å². The molecule has 0 radical (unpaired) electrons. The summed E-state index contributed by atoms with van der Waals surface area (Å²) in [4.78, 5) is 25.1. The van der Waals surface area contributed by atoms with Gasteiger partial charge in [-0.15, -0.1) is 0 Å². The molecule has 3 aromatic carbocycles. The molecular weight excluding hydrogens is 416 g/mol. The van der Waals surface area contributed by atoms with Gasteiger partial charge in [-0.1, -0.05) is 12.1 Å². The third-order valence-corrected chi connectivity index (χ3v) is 4.49. The summed E-state index contributed by atoms with van der Waals surface area (Å²) in [5.74, 6) is 0.667. The van der Waals surface area contributed by atoms with Gasteiger partial charge in [0.15, 0.2) is 23.0 Å². The molecule has 0 amide bonds. The van der Waals surface area contributed by atoms with Crippen LogP contribution in [0.2, 0.25) is 0 Å². The highest BCUT2D eigenvalue weighted by Crippen LogP contribution is 2.33. The fourth-order valence-corrected chi connectivity index (χ4v) is 3.00. The summed E-state index contributed by atoms with van der Waals surface area (Å²) in [6, 6.07) is 15.9. The first kappa shape index (κ1) is 22.5. The fraction of sp³-hybridized carbons (Fsp3) is 0.167. The minimum atomic E-state index is -0.619. The number of carbonyl (C=O) groups is 2. The molecule has 0 unspecified atom stereocenters. The summed E-state index contributed by atoms with van der Waals surface area (Å²) in [5, 5.41) is 0. The van der Waals surface area contributed by atoms with Crippen molar-refractivity contribution in [1.29, 1.82) is 0 Å². The van der Waals surface area contributed by atoms with Crippen LogP contribution >= 0.6 is 0 Å². The normalized spacial score (nSPS) is 10.1. The Morgan fingerprint density at radius 3 is 1.22 bits per heavy atom. The number of rotatable bonds is 8. The van der Waals surface area contributed by atoms with Crippen LogP contribution in [0.4, 0.5) is 0 Å². The van der Waals surface area contributed by atoms with Crippen molar-refractivity contribution in [2.75, 3.05) is 28.4 Å². The zero-order valence-corrected chi connectivity index (χ0v) is 18.0. The highest BCUT2D eigenvalue weighted by atomic mass is 16.5. The van der Waals surface area contributed by atoms with Crippen LogP contribution in [0.3, 0.4) is 0 Å². The Bertz CT molecular complexity index is 1020. The van der Waals surface area contributed by atoms with Crippen molar-refractivity contribution in [3.8, 4) is 34.5 Å². The standard InChI is InChI=1S/C24H22O8/c1-27-19-9-5-7-17(21(19)29-3)23(25)31-15-11-13-16(14-12-15)32-24(26)18-8-6-10-20(28-2)22(18)30-4/h5-14H,1-4H3. The lowest BCUT2D eigenvalue weighted by atomic mass is 10.2. The van der Waals surface area contributed by atoms with E-state index in [9.17, 15) is 9.59 Å². The van der Waals surface area contributed by atoms with Crippen LogP contribution in [0, 0.1) is 0 Å². The first-order chi connectivity index (χ1) is 15.5. The van der Waals surface area contributed by atoms with Gasteiger partial charge in [-0.3, -0.25) is 0 Å². The van der Waals surface area contributed by atoms with Crippen LogP contribution in [0.25, 0.3) is 0 Å². The third-order valence-electron chi connectivity index (χ3n) is 4.49. The van der Waals surface area contributed by atoms with Crippen molar-refractivity contribution in [3.05, 3.63) is 71.8 Å². The molecule has 0 aliphatic carbocycles. The summed E-state index contributed by atoms with van der Waals surface area (Å²) < 4.78 is 31.7. The Kier molecular flexibility index (Phi) is 7.17. The Labute approximate surface area is 185 Å². The van der Waals surface area contributed by atoms with E-state index in [2.05, 4.69) is 0 Å². The molecule has 0 N–H and O–H groups in total. The molecule has 0 spiro atoms. The first-order valence-corrected chi connectivity index (χ1v) is 9.48. The second-order valence-corrected chi connectivity index (χ2v) is 6.33. The number of ether oxygens (including phenoxy) is 6. The summed E-state index contributed by atoms with van der Waals surface area (Å²) in [6.45, 7) is 0. The molecule has 0 bridgehead atoms. The maximum atomic E-state index is 12.6. The summed E-state index contributed by atoms with van der Waals surface area (Å²) in [7, 11) is 5.84. The lowest BCUT2D eigenvalue weighted by Gasteiger charge is -2.13. The van der Waals surface area contributed by atoms with Gasteiger partial charge in [0.1, 0.15) is 22.6 Å². The second kappa shape index (κ2) is 10.2. The smallest absolute Gasteiger partial charge is 0.347 e. The van der Waals surface area contributed by atoms with Gasteiger partial charge >= 0.3 is 11.9 Å². The largest absolute Gasteiger partial charge is 0.493 e. The van der Waals surface area contributed by atoms with E-state index in [4.69, 9.17) is 28.4 Å². The molecule has 8 heteroatoms. The molecule has 0 fully saturated rings. The topological polar surface area (TPSA) is 89.5 Å². The monoisotopic (exact) mass is 438 g/mol. The average molecular weight is 438 g/mol. The average Bonchev–Trinajstić information content (AvgIpc) is 2.83. The van der Waals surface area contributed by atoms with Gasteiger partial charge < -0.3 is 28.4 Å². The van der Waals surface area contributed by atoms with Crippen LogP contribution in [0.15, 0.2) is 60.7 Å². The Hall–Kier alpha value is -4.20. The number of para-hydroxylation sites is 2. The quantitative estimate of drug-likeness (QED) is 0.383. The number of hydrogen-bond acceptors (Lipinski definition) is 8. The van der Waals surface area contributed by atoms with E-state index >= 15 is 0 Å². The number of esters is 2. The van der Waals surface area contributed by atoms with E-state index in [1.165, 1.54) is 52.7 Å². The predicted molar refractivity (Wildman–Crippen MR) is 115 cm³/mol. The van der Waals surface area contributed by atoms with Crippen LogP contribution < -0.4 is 28.4 Å². The molecular formula is C24H22O8. The molecule has 0 atom stereocenters. The molecule has 0 aliphatic heterocycles. The van der Waals surface area contributed by atoms with Crippen LogP contribution in [0.1, 0.15) is 20.7 Å². The number of carbonyl (C=O) groups excluding carboxylic acids is 2. The van der Waals surface area contributed by atoms with Gasteiger partial charge in [0.05, 0.1) is 28.4 Å². The second-order valence-electron chi connectivity index (χ2n) is 6.33. The van der Waals surface area contributed by atoms with Crippen LogP contribution in [-0.4, -0.2) is 40.4 Å². The summed E-state index contributed by atoms with van der Waals surface area (Å²) in [5.41, 5.74) is 0.431. The molecule has 0 saturated heterocycles. The van der Waals surface area contributed by atoms with E-state index in [-0.39, 0.29) is 34.1 Å². The first-order valence-electron chi connectivity index (χ1n) is 9.48. The molecule has 32 heavy (non-hydrogen) atoms. The van der Waals surface area contributed by atoms with Crippen molar-refractivity contribution in [3.63, 3.8) is 0 Å². The Morgan fingerprint density at radius 1 is 0.531 bits per heavy atom. The summed E-state index contributed by atoms with van der Waals surface area (Å²) >= 11 is 0. The highest BCUT2D eigenvalue weighted by Gasteiger charge is 2.20. The van der Waals surface area contributed by atoms with E-state index in [0.717, 1.165) is 0 Å². The molecule has 3 aromatic rings. The molecule has 3 rings (SSSR count). The molecule has 0 saturated carbocycles. The van der Waals surface area contributed by atoms with Crippen molar-refractivity contribution >= 4 is 11.9 Å².